The molecule has 10 heteroatoms. The number of halogens is 8. The maximum Gasteiger partial charge on any atom is 0.416 e. The summed E-state index contributed by atoms with van der Waals surface area (Å²) in [6.07, 6.45) is -13.8. The Balaban J connectivity index is 3.46. The van der Waals surface area contributed by atoms with E-state index in [0.29, 0.717) is 12.1 Å². The summed E-state index contributed by atoms with van der Waals surface area (Å²) in [6, 6.07) is -1.83. The Bertz CT molecular complexity index is 500. The summed E-state index contributed by atoms with van der Waals surface area (Å²) < 4.78 is 88.4. The molecule has 0 heterocycles. The van der Waals surface area contributed by atoms with Crippen molar-refractivity contribution in [2.75, 3.05) is 0 Å². The van der Waals surface area contributed by atoms with Gasteiger partial charge in [-0.15, -0.1) is 0 Å². The van der Waals surface area contributed by atoms with Gasteiger partial charge in [0.1, 0.15) is 5.82 Å². The van der Waals surface area contributed by atoms with Crippen molar-refractivity contribution < 1.29 is 35.8 Å². The number of rotatable bonds is 2. The molecule has 1 aromatic rings. The van der Waals surface area contributed by atoms with Gasteiger partial charge in [0, 0.05) is 5.56 Å². The molecule has 0 aliphatic rings. The average Bonchev–Trinajstić information content (AvgIpc) is 2.27. The highest BCUT2D eigenvalue weighted by Crippen LogP contribution is 2.40. The molecule has 114 valence electrons. The van der Waals surface area contributed by atoms with Crippen LogP contribution in [0.15, 0.2) is 12.1 Å². The van der Waals surface area contributed by atoms with Gasteiger partial charge in [0.25, 0.3) is 0 Å². The van der Waals surface area contributed by atoms with Crippen LogP contribution in [0, 0.1) is 5.82 Å². The van der Waals surface area contributed by atoms with Crippen LogP contribution in [0.5, 0.6) is 0 Å². The van der Waals surface area contributed by atoms with Crippen molar-refractivity contribution in [3.8, 4) is 0 Å². The summed E-state index contributed by atoms with van der Waals surface area (Å²) in [5, 5.41) is 8.05. The van der Waals surface area contributed by atoms with Crippen molar-refractivity contribution in [2.24, 2.45) is 5.73 Å². The van der Waals surface area contributed by atoms with E-state index in [4.69, 9.17) is 22.4 Å². The second-order valence-electron chi connectivity index (χ2n) is 3.83. The smallest absolute Gasteiger partial charge is 0.382 e. The fraction of sp³-hybridized carbons (Fsp3) is 0.400. The van der Waals surface area contributed by atoms with Gasteiger partial charge in [-0.3, -0.25) is 0 Å². The minimum Gasteiger partial charge on any atom is -0.382 e. The molecule has 0 saturated carbocycles. The highest BCUT2D eigenvalue weighted by atomic mass is 35.5. The van der Waals surface area contributed by atoms with Gasteiger partial charge in [0.2, 0.25) is 0 Å². The van der Waals surface area contributed by atoms with Crippen LogP contribution in [-0.2, 0) is 6.18 Å². The maximum atomic E-state index is 13.6. The Morgan fingerprint density at radius 3 is 2.00 bits per heavy atom. The van der Waals surface area contributed by atoms with Crippen molar-refractivity contribution in [1.82, 2.24) is 0 Å². The predicted octanol–water partition coefficient (Wildman–Crippen LogP) is 3.42. The van der Waals surface area contributed by atoms with Crippen molar-refractivity contribution in [1.29, 1.82) is 0 Å². The van der Waals surface area contributed by atoms with E-state index < -0.39 is 46.5 Å². The lowest BCUT2D eigenvalue weighted by Gasteiger charge is -2.25. The fourth-order valence-corrected chi connectivity index (χ4v) is 1.67. The topological polar surface area (TPSA) is 46.2 Å². The molecule has 0 fully saturated rings. The molecule has 20 heavy (non-hydrogen) atoms. The molecule has 2 nitrogen and oxygen atoms in total. The Hall–Kier alpha value is -1.06. The zero-order valence-corrected chi connectivity index (χ0v) is 10.1. The van der Waals surface area contributed by atoms with Crippen molar-refractivity contribution in [2.45, 2.75) is 24.5 Å². The zero-order chi connectivity index (χ0) is 15.9. The Morgan fingerprint density at radius 1 is 1.10 bits per heavy atom. The quantitative estimate of drug-likeness (QED) is 0.818. The zero-order valence-electron chi connectivity index (χ0n) is 9.36. The first-order valence-corrected chi connectivity index (χ1v) is 5.30. The molecule has 0 spiro atoms. The molecule has 1 aromatic carbocycles. The summed E-state index contributed by atoms with van der Waals surface area (Å²) in [4.78, 5) is 0. The lowest BCUT2D eigenvalue weighted by Crippen LogP contribution is -2.40. The molecule has 0 bridgehead atoms. The monoisotopic (exact) mass is 325 g/mol. The van der Waals surface area contributed by atoms with E-state index >= 15 is 0 Å². The molecule has 3 N–H and O–H groups in total. The predicted molar refractivity (Wildman–Crippen MR) is 55.4 cm³/mol. The summed E-state index contributed by atoms with van der Waals surface area (Å²) in [5.74, 6) is -1.75. The SMILES string of the molecule is N[C@H](c1c(C(F)(F)F)ccc(Cl)c1F)[C@@H](O)C(F)(F)F. The second-order valence-corrected chi connectivity index (χ2v) is 4.24. The van der Waals surface area contributed by atoms with Crippen LogP contribution in [0.1, 0.15) is 17.2 Å². The third-order valence-corrected chi connectivity index (χ3v) is 2.74. The van der Waals surface area contributed by atoms with Gasteiger partial charge >= 0.3 is 12.4 Å². The first-order valence-electron chi connectivity index (χ1n) is 4.92. The van der Waals surface area contributed by atoms with E-state index in [1.165, 1.54) is 0 Å². The van der Waals surface area contributed by atoms with E-state index in [-0.39, 0.29) is 0 Å². The lowest BCUT2D eigenvalue weighted by atomic mass is 9.95. The molecule has 0 aromatic heterocycles. The number of hydrogen-bond acceptors (Lipinski definition) is 2. The van der Waals surface area contributed by atoms with Gasteiger partial charge in [-0.05, 0) is 12.1 Å². The van der Waals surface area contributed by atoms with Crippen molar-refractivity contribution in [3.05, 3.63) is 34.1 Å². The van der Waals surface area contributed by atoms with Crippen molar-refractivity contribution in [3.63, 3.8) is 0 Å². The van der Waals surface area contributed by atoms with Gasteiger partial charge in [0.05, 0.1) is 16.6 Å². The average molecular weight is 326 g/mol. The van der Waals surface area contributed by atoms with E-state index in [0.717, 1.165) is 0 Å². The molecule has 1 rings (SSSR count). The van der Waals surface area contributed by atoms with E-state index in [1.807, 2.05) is 0 Å². The third kappa shape index (κ3) is 3.33. The van der Waals surface area contributed by atoms with E-state index in [2.05, 4.69) is 0 Å². The first kappa shape index (κ1) is 17.0. The van der Waals surface area contributed by atoms with Crippen LogP contribution < -0.4 is 5.73 Å². The summed E-state index contributed by atoms with van der Waals surface area (Å²) in [7, 11) is 0. The number of benzene rings is 1. The maximum absolute atomic E-state index is 13.6. The normalized spacial score (nSPS) is 16.1. The molecule has 2 atom stereocenters. The van der Waals surface area contributed by atoms with Crippen LogP contribution >= 0.6 is 11.6 Å². The van der Waals surface area contributed by atoms with Gasteiger partial charge in [-0.1, -0.05) is 11.6 Å². The molecule has 0 amide bonds. The molecular weight excluding hydrogens is 319 g/mol. The minimum atomic E-state index is -5.31. The third-order valence-electron chi connectivity index (χ3n) is 2.45. The standard InChI is InChI=1S/C10H7ClF7NO/c11-4-2-1-3(9(13,14)15)5(6(4)12)7(19)8(20)10(16,17)18/h1-2,7-8,20H,19H2/t7-,8-/m1/s1. The van der Waals surface area contributed by atoms with Crippen LogP contribution in [0.2, 0.25) is 5.02 Å². The Morgan fingerprint density at radius 2 is 1.60 bits per heavy atom. The van der Waals surface area contributed by atoms with Crippen LogP contribution in [0.3, 0.4) is 0 Å². The molecular formula is C10H7ClF7NO. The van der Waals surface area contributed by atoms with Gasteiger partial charge in [-0.25, -0.2) is 4.39 Å². The van der Waals surface area contributed by atoms with Crippen LogP contribution in [0.4, 0.5) is 30.7 Å². The van der Waals surface area contributed by atoms with Gasteiger partial charge in [0.15, 0.2) is 6.10 Å². The highest BCUT2D eigenvalue weighted by Gasteiger charge is 2.46. The fourth-order valence-electron chi connectivity index (χ4n) is 1.50. The second kappa shape index (κ2) is 5.38. The summed E-state index contributed by atoms with van der Waals surface area (Å²) in [6.45, 7) is 0. The summed E-state index contributed by atoms with van der Waals surface area (Å²) in [5.41, 5.74) is 1.66. The highest BCUT2D eigenvalue weighted by molar-refractivity contribution is 6.30. The Labute approximate surface area is 112 Å². The van der Waals surface area contributed by atoms with Gasteiger partial charge < -0.3 is 10.8 Å². The number of nitrogens with two attached hydrogens (primary N) is 1. The number of hydrogen-bond donors (Lipinski definition) is 2. The minimum absolute atomic E-state index is 0.295. The molecule has 0 aliphatic carbocycles. The first-order chi connectivity index (χ1) is 8.87. The molecule has 0 unspecified atom stereocenters. The summed E-state index contributed by atoms with van der Waals surface area (Å²) >= 11 is 5.24. The molecule has 0 aliphatic heterocycles. The van der Waals surface area contributed by atoms with Gasteiger partial charge in [-0.2, -0.15) is 26.3 Å². The van der Waals surface area contributed by atoms with E-state index in [9.17, 15) is 30.7 Å². The van der Waals surface area contributed by atoms with E-state index in [1.54, 1.807) is 0 Å². The number of alkyl halides is 6. The van der Waals surface area contributed by atoms with Crippen molar-refractivity contribution >= 4 is 11.6 Å². The van der Waals surface area contributed by atoms with Crippen LogP contribution in [0.25, 0.3) is 0 Å². The van der Waals surface area contributed by atoms with Crippen LogP contribution in [-0.4, -0.2) is 17.4 Å². The number of aliphatic hydroxyl groups is 1. The largest absolute Gasteiger partial charge is 0.416 e. The molecule has 0 radical (unpaired) electrons. The number of aliphatic hydroxyl groups excluding tert-OH is 1. The lowest BCUT2D eigenvalue weighted by molar-refractivity contribution is -0.211. The Kier molecular flexibility index (Phi) is 4.57. The molecule has 0 saturated heterocycles.